The van der Waals surface area contributed by atoms with E-state index in [1.807, 2.05) is 25.1 Å². The van der Waals surface area contributed by atoms with Crippen LogP contribution >= 0.6 is 0 Å². The first kappa shape index (κ1) is 26.0. The average Bonchev–Trinajstić information content (AvgIpc) is 3.44. The average molecular weight is 548 g/mol. The highest BCUT2D eigenvalue weighted by atomic mass is 32.2. The fourth-order valence-corrected chi connectivity index (χ4v) is 5.76. The van der Waals surface area contributed by atoms with Gasteiger partial charge in [0.25, 0.3) is 5.91 Å². The van der Waals surface area contributed by atoms with Gasteiger partial charge < -0.3 is 19.5 Å². The Morgan fingerprint density at radius 2 is 1.79 bits per heavy atom. The number of carbonyl (C=O) groups is 1. The molecule has 5 rings (SSSR count). The summed E-state index contributed by atoms with van der Waals surface area (Å²) in [6.07, 6.45) is 1.41. The van der Waals surface area contributed by atoms with Crippen LogP contribution in [0.5, 0.6) is 17.2 Å². The summed E-state index contributed by atoms with van der Waals surface area (Å²) in [7, 11) is -2.44. The van der Waals surface area contributed by atoms with E-state index in [0.717, 1.165) is 11.1 Å². The number of hydrogen-bond donors (Lipinski definition) is 3. The van der Waals surface area contributed by atoms with Crippen LogP contribution in [0.15, 0.2) is 82.8 Å². The minimum Gasteiger partial charge on any atom is -0.497 e. The third-order valence-corrected chi connectivity index (χ3v) is 8.09. The first-order valence-electron chi connectivity index (χ1n) is 11.9. The molecule has 3 aromatic carbocycles. The third kappa shape index (κ3) is 5.09. The second-order valence-electron chi connectivity index (χ2n) is 8.72. The van der Waals surface area contributed by atoms with Crippen molar-refractivity contribution in [2.45, 2.75) is 23.4 Å². The maximum Gasteiger partial charge on any atom is 0.276 e. The lowest BCUT2D eigenvalue weighted by molar-refractivity contribution is 0.0707. The molecule has 200 valence electrons. The van der Waals surface area contributed by atoms with E-state index in [0.29, 0.717) is 34.1 Å². The minimum atomic E-state index is -3.94. The van der Waals surface area contributed by atoms with Crippen LogP contribution < -0.4 is 25.0 Å². The van der Waals surface area contributed by atoms with Crippen LogP contribution in [0.25, 0.3) is 11.1 Å². The van der Waals surface area contributed by atoms with E-state index < -0.39 is 15.7 Å². The van der Waals surface area contributed by atoms with E-state index in [1.54, 1.807) is 41.9 Å². The molecule has 0 aliphatic carbocycles. The molecule has 0 fully saturated rings. The highest BCUT2D eigenvalue weighted by Gasteiger charge is 2.24. The number of nitrogens with one attached hydrogen (secondary N) is 2. The number of amides is 1. The Morgan fingerprint density at radius 3 is 2.54 bits per heavy atom. The highest BCUT2D eigenvalue weighted by Crippen LogP contribution is 2.37. The Bertz CT molecular complexity index is 1650. The van der Waals surface area contributed by atoms with Gasteiger partial charge in [-0.05, 0) is 78.2 Å². The van der Waals surface area contributed by atoms with Crippen LogP contribution in [0.3, 0.4) is 0 Å². The van der Waals surface area contributed by atoms with Gasteiger partial charge in [-0.25, -0.2) is 18.9 Å². The van der Waals surface area contributed by atoms with Crippen LogP contribution in [0.4, 0.5) is 5.69 Å². The van der Waals surface area contributed by atoms with Gasteiger partial charge in [-0.3, -0.25) is 10.0 Å². The minimum absolute atomic E-state index is 0.0501. The molecule has 2 heterocycles. The molecule has 0 radical (unpaired) electrons. The lowest BCUT2D eigenvalue weighted by Gasteiger charge is -2.17. The van der Waals surface area contributed by atoms with Gasteiger partial charge in [0.2, 0.25) is 16.6 Å². The molecule has 1 aromatic heterocycles. The molecule has 0 unspecified atom stereocenters. The van der Waals surface area contributed by atoms with Gasteiger partial charge in [0.1, 0.15) is 5.75 Å². The van der Waals surface area contributed by atoms with Crippen molar-refractivity contribution in [3.8, 4) is 28.4 Å². The molecule has 3 N–H and O–H groups in total. The lowest BCUT2D eigenvalue weighted by atomic mass is 9.97. The summed E-state index contributed by atoms with van der Waals surface area (Å²) in [5.74, 6) is 1.05. The molecule has 10 nitrogen and oxygen atoms in total. The summed E-state index contributed by atoms with van der Waals surface area (Å²) in [5, 5.41) is 12.5. The molecule has 1 aliphatic heterocycles. The van der Waals surface area contributed by atoms with E-state index in [1.165, 1.54) is 25.4 Å². The summed E-state index contributed by atoms with van der Waals surface area (Å²) in [6, 6.07) is 18.3. The molecule has 39 heavy (non-hydrogen) atoms. The van der Waals surface area contributed by atoms with E-state index in [-0.39, 0.29) is 28.8 Å². The number of sulfone groups is 1. The number of hydroxylamine groups is 1. The van der Waals surface area contributed by atoms with Crippen LogP contribution in [0.1, 0.15) is 21.5 Å². The standard InChI is InChI=1S/C28H25N3O7S/c1-17-12-20(18-5-10-24-25(14-18)38-16-37-24)13-23(27(32)31-33)26(17)30-15-19-4-3-11-29-28(19)39(34,35)22-8-6-21(36-2)7-9-22/h3-14,30,33H,15-16H2,1-2H3,(H,31,32). The second kappa shape index (κ2) is 10.6. The van der Waals surface area contributed by atoms with E-state index in [2.05, 4.69) is 10.3 Å². The number of aromatic nitrogens is 1. The molecule has 1 aliphatic rings. The van der Waals surface area contributed by atoms with Crippen molar-refractivity contribution in [2.24, 2.45) is 0 Å². The van der Waals surface area contributed by atoms with Gasteiger partial charge in [0.15, 0.2) is 16.5 Å². The number of ether oxygens (including phenoxy) is 3. The van der Waals surface area contributed by atoms with Gasteiger partial charge in [-0.2, -0.15) is 0 Å². The van der Waals surface area contributed by atoms with Gasteiger partial charge in [-0.1, -0.05) is 12.1 Å². The lowest BCUT2D eigenvalue weighted by Crippen LogP contribution is -2.21. The Hall–Kier alpha value is -4.61. The number of anilines is 1. The number of rotatable bonds is 8. The van der Waals surface area contributed by atoms with Crippen LogP contribution in [0, 0.1) is 6.92 Å². The van der Waals surface area contributed by atoms with Gasteiger partial charge >= 0.3 is 0 Å². The van der Waals surface area contributed by atoms with Crippen molar-refractivity contribution in [3.05, 3.63) is 89.6 Å². The number of nitrogens with zero attached hydrogens (tertiary/aromatic N) is 1. The number of fused-ring (bicyclic) bond motifs is 1. The molecule has 0 spiro atoms. The maximum absolute atomic E-state index is 13.4. The Labute approximate surface area is 225 Å². The molecule has 0 saturated carbocycles. The molecule has 4 aromatic rings. The Balaban J connectivity index is 1.48. The molecule has 0 bridgehead atoms. The first-order valence-corrected chi connectivity index (χ1v) is 13.4. The predicted molar refractivity (Wildman–Crippen MR) is 142 cm³/mol. The van der Waals surface area contributed by atoms with Crippen molar-refractivity contribution in [1.29, 1.82) is 0 Å². The summed E-state index contributed by atoms with van der Waals surface area (Å²) >= 11 is 0. The summed E-state index contributed by atoms with van der Waals surface area (Å²) < 4.78 is 42.7. The Kier molecular flexibility index (Phi) is 7.09. The van der Waals surface area contributed by atoms with Crippen LogP contribution in [-0.2, 0) is 16.4 Å². The van der Waals surface area contributed by atoms with Crippen LogP contribution in [-0.4, -0.2) is 38.4 Å². The van der Waals surface area contributed by atoms with Gasteiger partial charge in [0.05, 0.1) is 23.3 Å². The SMILES string of the molecule is COc1ccc(S(=O)(=O)c2ncccc2CNc2c(C)cc(-c3ccc4c(c3)OCO4)cc2C(=O)NO)cc1. The summed E-state index contributed by atoms with van der Waals surface area (Å²) in [5.41, 5.74) is 4.92. The number of hydrogen-bond acceptors (Lipinski definition) is 9. The molecular weight excluding hydrogens is 522 g/mol. The molecule has 0 atom stereocenters. The largest absolute Gasteiger partial charge is 0.497 e. The van der Waals surface area contributed by atoms with Gasteiger partial charge in [0, 0.05) is 18.3 Å². The van der Waals surface area contributed by atoms with Crippen molar-refractivity contribution in [2.75, 3.05) is 19.2 Å². The van der Waals surface area contributed by atoms with Gasteiger partial charge in [-0.15, -0.1) is 0 Å². The van der Waals surface area contributed by atoms with Crippen LogP contribution in [0.2, 0.25) is 0 Å². The van der Waals surface area contributed by atoms with E-state index in [9.17, 15) is 18.4 Å². The molecule has 0 saturated heterocycles. The zero-order valence-corrected chi connectivity index (χ0v) is 21.9. The van der Waals surface area contributed by atoms with E-state index >= 15 is 0 Å². The maximum atomic E-state index is 13.4. The number of carbonyl (C=O) groups excluding carboxylic acids is 1. The van der Waals surface area contributed by atoms with Crippen molar-refractivity contribution < 1.29 is 32.6 Å². The molecule has 1 amide bonds. The molecule has 11 heteroatoms. The summed E-state index contributed by atoms with van der Waals surface area (Å²) in [4.78, 5) is 16.9. The highest BCUT2D eigenvalue weighted by molar-refractivity contribution is 7.91. The number of pyridine rings is 1. The Morgan fingerprint density at radius 1 is 1.03 bits per heavy atom. The second-order valence-corrected chi connectivity index (χ2v) is 10.6. The number of benzene rings is 3. The van der Waals surface area contributed by atoms with E-state index in [4.69, 9.17) is 14.2 Å². The van der Waals surface area contributed by atoms with Crippen molar-refractivity contribution in [3.63, 3.8) is 0 Å². The van der Waals surface area contributed by atoms with Crippen molar-refractivity contribution in [1.82, 2.24) is 10.5 Å². The molecular formula is C28H25N3O7S. The zero-order valence-electron chi connectivity index (χ0n) is 21.1. The monoisotopic (exact) mass is 547 g/mol. The third-order valence-electron chi connectivity index (χ3n) is 6.32. The predicted octanol–water partition coefficient (Wildman–Crippen LogP) is 4.36. The normalized spacial score (nSPS) is 12.2. The topological polar surface area (TPSA) is 136 Å². The first-order chi connectivity index (χ1) is 18.8. The van der Waals surface area contributed by atoms with Crippen molar-refractivity contribution >= 4 is 21.4 Å². The zero-order chi connectivity index (χ0) is 27.6. The number of aryl methyl sites for hydroxylation is 1. The number of methoxy groups -OCH3 is 1. The fourth-order valence-electron chi connectivity index (χ4n) is 4.35. The smallest absolute Gasteiger partial charge is 0.276 e. The summed E-state index contributed by atoms with van der Waals surface area (Å²) in [6.45, 7) is 2.00. The fraction of sp³-hybridized carbons (Fsp3) is 0.143. The quantitative estimate of drug-likeness (QED) is 0.217.